The number of halogens is 1. The van der Waals surface area contributed by atoms with Crippen molar-refractivity contribution in [3.63, 3.8) is 0 Å². The number of rotatable bonds is 7. The Labute approximate surface area is 187 Å². The molecule has 0 radical (unpaired) electrons. The molecule has 0 atom stereocenters. The van der Waals surface area contributed by atoms with E-state index in [1.165, 1.54) is 36.4 Å². The van der Waals surface area contributed by atoms with Crippen LogP contribution in [0.4, 0.5) is 11.4 Å². The number of aromatic nitrogens is 3. The molecule has 31 heavy (non-hydrogen) atoms. The number of benzene rings is 1. The molecular weight excluding hydrogens is 442 g/mol. The van der Waals surface area contributed by atoms with Crippen LogP contribution < -0.4 is 5.32 Å². The topological polar surface area (TPSA) is 116 Å². The lowest BCUT2D eigenvalue weighted by molar-refractivity contribution is -0.383. The molecule has 3 aromatic rings. The van der Waals surface area contributed by atoms with Gasteiger partial charge in [0.05, 0.1) is 16.9 Å². The van der Waals surface area contributed by atoms with Crippen molar-refractivity contribution in [1.82, 2.24) is 14.8 Å². The molecular formula is C20H20ClN5O4S. The van der Waals surface area contributed by atoms with Gasteiger partial charge in [-0.15, -0.1) is 10.2 Å². The molecule has 0 spiro atoms. The fourth-order valence-corrected chi connectivity index (χ4v) is 4.67. The van der Waals surface area contributed by atoms with E-state index in [1.54, 1.807) is 12.3 Å². The molecule has 0 saturated heterocycles. The SMILES string of the molecule is O=C(CSc1nnc(-c2ccco2)n1C1CCCCC1)Nc1ccc(Cl)cc1[N+](=O)[O-]. The van der Waals surface area contributed by atoms with Crippen LogP contribution in [0.25, 0.3) is 11.6 Å². The summed E-state index contributed by atoms with van der Waals surface area (Å²) in [5.41, 5.74) is -0.152. The van der Waals surface area contributed by atoms with Crippen LogP contribution in [0.5, 0.6) is 0 Å². The molecule has 9 nitrogen and oxygen atoms in total. The standard InChI is InChI=1S/C20H20ClN5O4S/c21-13-8-9-15(16(11-13)26(28)29)22-18(27)12-31-20-24-23-19(17-7-4-10-30-17)25(20)14-5-2-1-3-6-14/h4,7-11,14H,1-3,5-6,12H2,(H,22,27). The molecule has 1 aliphatic rings. The second kappa shape index (κ2) is 9.52. The zero-order chi connectivity index (χ0) is 21.8. The third-order valence-corrected chi connectivity index (χ3v) is 6.29. The van der Waals surface area contributed by atoms with Gasteiger partial charge in [0, 0.05) is 17.1 Å². The van der Waals surface area contributed by atoms with Crippen molar-refractivity contribution in [2.24, 2.45) is 0 Å². The summed E-state index contributed by atoms with van der Waals surface area (Å²) in [6.07, 6.45) is 7.09. The van der Waals surface area contributed by atoms with E-state index in [-0.39, 0.29) is 34.1 Å². The van der Waals surface area contributed by atoms with E-state index in [9.17, 15) is 14.9 Å². The Morgan fingerprint density at radius 3 is 2.81 bits per heavy atom. The summed E-state index contributed by atoms with van der Waals surface area (Å²) < 4.78 is 7.58. The van der Waals surface area contributed by atoms with E-state index in [4.69, 9.17) is 16.0 Å². The maximum Gasteiger partial charge on any atom is 0.294 e. The van der Waals surface area contributed by atoms with Gasteiger partial charge in [0.1, 0.15) is 5.69 Å². The van der Waals surface area contributed by atoms with Gasteiger partial charge in [-0.3, -0.25) is 19.5 Å². The lowest BCUT2D eigenvalue weighted by atomic mass is 9.95. The Bertz CT molecular complexity index is 1080. The second-order valence-corrected chi connectivity index (χ2v) is 8.58. The first kappa shape index (κ1) is 21.4. The van der Waals surface area contributed by atoms with E-state index < -0.39 is 4.92 Å². The van der Waals surface area contributed by atoms with Gasteiger partial charge in [0.25, 0.3) is 5.69 Å². The lowest BCUT2D eigenvalue weighted by Crippen LogP contribution is -2.17. The molecule has 1 aromatic carbocycles. The molecule has 0 aliphatic heterocycles. The van der Waals surface area contributed by atoms with Crippen LogP contribution in [-0.2, 0) is 4.79 Å². The summed E-state index contributed by atoms with van der Waals surface area (Å²) in [6.45, 7) is 0. The van der Waals surface area contributed by atoms with Gasteiger partial charge >= 0.3 is 0 Å². The number of amides is 1. The zero-order valence-corrected chi connectivity index (χ0v) is 18.1. The molecule has 1 fully saturated rings. The van der Waals surface area contributed by atoms with Crippen molar-refractivity contribution < 1.29 is 14.1 Å². The molecule has 4 rings (SSSR count). The predicted molar refractivity (Wildman–Crippen MR) is 117 cm³/mol. The predicted octanol–water partition coefficient (Wildman–Crippen LogP) is 5.34. The Kier molecular flexibility index (Phi) is 6.57. The number of anilines is 1. The van der Waals surface area contributed by atoms with Crippen LogP contribution in [0, 0.1) is 10.1 Å². The van der Waals surface area contributed by atoms with Gasteiger partial charge in [-0.2, -0.15) is 0 Å². The van der Waals surface area contributed by atoms with E-state index >= 15 is 0 Å². The van der Waals surface area contributed by atoms with Gasteiger partial charge in [-0.25, -0.2) is 0 Å². The summed E-state index contributed by atoms with van der Waals surface area (Å²) in [7, 11) is 0. The molecule has 162 valence electrons. The number of nitro groups is 1. The highest BCUT2D eigenvalue weighted by Crippen LogP contribution is 2.36. The van der Waals surface area contributed by atoms with Crippen LogP contribution in [0.1, 0.15) is 38.1 Å². The first-order chi connectivity index (χ1) is 15.0. The number of thioether (sulfide) groups is 1. The number of nitrogens with zero attached hydrogens (tertiary/aromatic N) is 4. The molecule has 2 aromatic heterocycles. The van der Waals surface area contributed by atoms with Crippen LogP contribution in [0.15, 0.2) is 46.2 Å². The van der Waals surface area contributed by atoms with Gasteiger partial charge in [-0.1, -0.05) is 42.6 Å². The summed E-state index contributed by atoms with van der Waals surface area (Å²) in [6, 6.07) is 8.00. The molecule has 1 amide bonds. The monoisotopic (exact) mass is 461 g/mol. The van der Waals surface area contributed by atoms with Crippen molar-refractivity contribution in [2.45, 2.75) is 43.3 Å². The number of hydrogen-bond donors (Lipinski definition) is 1. The van der Waals surface area contributed by atoms with Gasteiger partial charge in [0.2, 0.25) is 11.7 Å². The first-order valence-corrected chi connectivity index (χ1v) is 11.2. The maximum atomic E-state index is 12.5. The minimum atomic E-state index is -0.579. The third-order valence-electron chi connectivity index (χ3n) is 5.11. The van der Waals surface area contributed by atoms with Crippen molar-refractivity contribution in [2.75, 3.05) is 11.1 Å². The Hall–Kier alpha value is -2.85. The number of carbonyl (C=O) groups is 1. The lowest BCUT2D eigenvalue weighted by Gasteiger charge is -2.25. The Morgan fingerprint density at radius 2 is 2.10 bits per heavy atom. The highest BCUT2D eigenvalue weighted by atomic mass is 35.5. The van der Waals surface area contributed by atoms with Crippen molar-refractivity contribution in [1.29, 1.82) is 0 Å². The Balaban J connectivity index is 1.51. The molecule has 11 heteroatoms. The summed E-state index contributed by atoms with van der Waals surface area (Å²) in [4.78, 5) is 23.2. The number of furan rings is 1. The smallest absolute Gasteiger partial charge is 0.294 e. The van der Waals surface area contributed by atoms with Gasteiger partial charge in [0.15, 0.2) is 10.9 Å². The van der Waals surface area contributed by atoms with Crippen molar-refractivity contribution in [3.8, 4) is 11.6 Å². The van der Waals surface area contributed by atoms with E-state index in [0.717, 1.165) is 25.7 Å². The molecule has 0 unspecified atom stereocenters. The molecule has 1 aliphatic carbocycles. The summed E-state index contributed by atoms with van der Waals surface area (Å²) in [5.74, 6) is 0.926. The molecule has 0 bridgehead atoms. The van der Waals surface area contributed by atoms with Crippen molar-refractivity contribution >= 4 is 40.6 Å². The molecule has 1 saturated carbocycles. The largest absolute Gasteiger partial charge is 0.461 e. The molecule has 1 N–H and O–H groups in total. The average molecular weight is 462 g/mol. The maximum absolute atomic E-state index is 12.5. The van der Waals surface area contributed by atoms with E-state index in [2.05, 4.69) is 20.1 Å². The first-order valence-electron chi connectivity index (χ1n) is 9.88. The average Bonchev–Trinajstić information content (AvgIpc) is 3.43. The summed E-state index contributed by atoms with van der Waals surface area (Å²) >= 11 is 7.07. The van der Waals surface area contributed by atoms with Crippen LogP contribution >= 0.6 is 23.4 Å². The number of nitrogens with one attached hydrogen (secondary N) is 1. The van der Waals surface area contributed by atoms with E-state index in [1.807, 2.05) is 6.07 Å². The minimum absolute atomic E-state index is 0.0305. The summed E-state index contributed by atoms with van der Waals surface area (Å²) in [5, 5.41) is 23.3. The van der Waals surface area contributed by atoms with Gasteiger partial charge < -0.3 is 9.73 Å². The van der Waals surface area contributed by atoms with Crippen molar-refractivity contribution in [3.05, 3.63) is 51.7 Å². The number of nitro benzene ring substituents is 1. The van der Waals surface area contributed by atoms with E-state index in [0.29, 0.717) is 16.7 Å². The second-order valence-electron chi connectivity index (χ2n) is 7.20. The Morgan fingerprint density at radius 1 is 1.29 bits per heavy atom. The highest BCUT2D eigenvalue weighted by Gasteiger charge is 2.25. The fraction of sp³-hybridized carbons (Fsp3) is 0.350. The number of carbonyl (C=O) groups excluding carboxylic acids is 1. The number of hydrogen-bond acceptors (Lipinski definition) is 7. The van der Waals surface area contributed by atoms with Crippen LogP contribution in [-0.4, -0.2) is 31.3 Å². The third kappa shape index (κ3) is 4.91. The zero-order valence-electron chi connectivity index (χ0n) is 16.5. The normalized spacial score (nSPS) is 14.5. The molecule has 2 heterocycles. The van der Waals surface area contributed by atoms with Gasteiger partial charge in [-0.05, 0) is 37.1 Å². The highest BCUT2D eigenvalue weighted by molar-refractivity contribution is 7.99. The fourth-order valence-electron chi connectivity index (χ4n) is 3.70. The minimum Gasteiger partial charge on any atom is -0.461 e. The van der Waals surface area contributed by atoms with Crippen LogP contribution in [0.3, 0.4) is 0 Å². The van der Waals surface area contributed by atoms with Crippen LogP contribution in [0.2, 0.25) is 5.02 Å². The quantitative estimate of drug-likeness (QED) is 0.287.